The van der Waals surface area contributed by atoms with Gasteiger partial charge in [0.1, 0.15) is 0 Å². The van der Waals surface area contributed by atoms with Crippen LogP contribution in [0, 0.1) is 0 Å². The third kappa shape index (κ3) is 7.34. The Bertz CT molecular complexity index is 329. The van der Waals surface area contributed by atoms with Crippen LogP contribution in [0.3, 0.4) is 0 Å². The molecule has 0 spiro atoms. The normalized spacial score (nSPS) is 11.6. The molecular weight excluding hydrogens is 250 g/mol. The SMILES string of the molecule is CC(=O)NCCSC(CC(=O)O)C(=O)C(=O)O. The van der Waals surface area contributed by atoms with E-state index in [4.69, 9.17) is 10.2 Å². The third-order valence-electron chi connectivity index (χ3n) is 1.66. The second-order valence-electron chi connectivity index (χ2n) is 3.11. The lowest BCUT2D eigenvalue weighted by Gasteiger charge is -2.10. The van der Waals surface area contributed by atoms with Gasteiger partial charge in [0, 0.05) is 19.2 Å². The predicted molar refractivity (Wildman–Crippen MR) is 59.8 cm³/mol. The first kappa shape index (κ1) is 15.4. The molecule has 0 aromatic heterocycles. The number of carbonyl (C=O) groups excluding carboxylic acids is 2. The number of Topliss-reactive ketones (excluding diaryl/α,β-unsaturated/α-hetero) is 1. The van der Waals surface area contributed by atoms with Crippen LogP contribution in [-0.2, 0) is 19.2 Å². The van der Waals surface area contributed by atoms with Gasteiger partial charge < -0.3 is 15.5 Å². The summed E-state index contributed by atoms with van der Waals surface area (Å²) in [7, 11) is 0. The molecule has 0 aromatic rings. The topological polar surface area (TPSA) is 121 Å². The van der Waals surface area contributed by atoms with Crippen LogP contribution < -0.4 is 5.32 Å². The number of thioether (sulfide) groups is 1. The summed E-state index contributed by atoms with van der Waals surface area (Å²) in [6.07, 6.45) is -0.546. The summed E-state index contributed by atoms with van der Waals surface area (Å²) in [6, 6.07) is 0. The van der Waals surface area contributed by atoms with Crippen molar-refractivity contribution in [3.8, 4) is 0 Å². The zero-order valence-corrected chi connectivity index (χ0v) is 9.95. The molecule has 0 aliphatic carbocycles. The molecule has 0 radical (unpaired) electrons. The van der Waals surface area contributed by atoms with E-state index in [1.807, 2.05) is 0 Å². The van der Waals surface area contributed by atoms with Crippen LogP contribution >= 0.6 is 11.8 Å². The van der Waals surface area contributed by atoms with Gasteiger partial charge in [0.25, 0.3) is 5.78 Å². The molecule has 0 heterocycles. The summed E-state index contributed by atoms with van der Waals surface area (Å²) < 4.78 is 0. The Morgan fingerprint density at radius 1 is 1.24 bits per heavy atom. The van der Waals surface area contributed by atoms with Crippen molar-refractivity contribution in [2.75, 3.05) is 12.3 Å². The fourth-order valence-electron chi connectivity index (χ4n) is 0.952. The van der Waals surface area contributed by atoms with E-state index in [0.29, 0.717) is 0 Å². The zero-order chi connectivity index (χ0) is 13.4. The van der Waals surface area contributed by atoms with Crippen LogP contribution in [0.4, 0.5) is 0 Å². The van der Waals surface area contributed by atoms with E-state index in [2.05, 4.69) is 5.32 Å². The smallest absolute Gasteiger partial charge is 0.373 e. The molecule has 0 aliphatic rings. The molecule has 0 bridgehead atoms. The van der Waals surface area contributed by atoms with Crippen LogP contribution in [0.25, 0.3) is 0 Å². The Labute approximate surface area is 102 Å². The highest BCUT2D eigenvalue weighted by atomic mass is 32.2. The molecule has 96 valence electrons. The molecule has 1 unspecified atom stereocenters. The van der Waals surface area contributed by atoms with E-state index in [-0.39, 0.29) is 18.2 Å². The number of carbonyl (C=O) groups is 4. The Morgan fingerprint density at radius 3 is 2.24 bits per heavy atom. The molecular formula is C9H13NO6S. The fraction of sp³-hybridized carbons (Fsp3) is 0.556. The molecule has 1 atom stereocenters. The maximum atomic E-state index is 11.1. The van der Waals surface area contributed by atoms with Gasteiger partial charge in [0.15, 0.2) is 0 Å². The molecule has 3 N–H and O–H groups in total. The van der Waals surface area contributed by atoms with E-state index in [1.165, 1.54) is 6.92 Å². The molecule has 8 heteroatoms. The number of hydrogen-bond acceptors (Lipinski definition) is 5. The Morgan fingerprint density at radius 2 is 1.82 bits per heavy atom. The summed E-state index contributed by atoms with van der Waals surface area (Å²) in [5, 5.41) is 18.3. The molecule has 7 nitrogen and oxygen atoms in total. The van der Waals surface area contributed by atoms with Crippen LogP contribution in [0.1, 0.15) is 13.3 Å². The highest BCUT2D eigenvalue weighted by molar-refractivity contribution is 8.00. The third-order valence-corrected chi connectivity index (χ3v) is 2.88. The van der Waals surface area contributed by atoms with Crippen molar-refractivity contribution in [3.05, 3.63) is 0 Å². The molecule has 0 saturated carbocycles. The molecule has 0 saturated heterocycles. The number of aliphatic carboxylic acids is 2. The van der Waals surface area contributed by atoms with E-state index >= 15 is 0 Å². The van der Waals surface area contributed by atoms with Gasteiger partial charge in [-0.05, 0) is 0 Å². The lowest BCUT2D eigenvalue weighted by Crippen LogP contribution is -2.30. The van der Waals surface area contributed by atoms with E-state index in [0.717, 1.165) is 11.8 Å². The number of carboxylic acids is 2. The second kappa shape index (κ2) is 7.66. The minimum Gasteiger partial charge on any atom is -0.481 e. The van der Waals surface area contributed by atoms with Crippen molar-refractivity contribution in [2.45, 2.75) is 18.6 Å². The summed E-state index contributed by atoms with van der Waals surface area (Å²) in [5.74, 6) is -4.00. The number of amides is 1. The van der Waals surface area contributed by atoms with Gasteiger partial charge in [0.2, 0.25) is 5.91 Å². The van der Waals surface area contributed by atoms with Gasteiger partial charge in [-0.15, -0.1) is 11.8 Å². The Balaban J connectivity index is 4.20. The van der Waals surface area contributed by atoms with Crippen molar-refractivity contribution in [1.29, 1.82) is 0 Å². The minimum absolute atomic E-state index is 0.245. The average molecular weight is 263 g/mol. The van der Waals surface area contributed by atoms with Gasteiger partial charge in [-0.25, -0.2) is 4.79 Å². The van der Waals surface area contributed by atoms with E-state index in [9.17, 15) is 19.2 Å². The predicted octanol–water partition coefficient (Wildman–Crippen LogP) is -0.647. The van der Waals surface area contributed by atoms with Gasteiger partial charge in [-0.3, -0.25) is 14.4 Å². The number of rotatable bonds is 8. The lowest BCUT2D eigenvalue weighted by atomic mass is 10.2. The molecule has 0 aromatic carbocycles. The first-order valence-electron chi connectivity index (χ1n) is 4.69. The van der Waals surface area contributed by atoms with Crippen LogP contribution in [-0.4, -0.2) is 51.4 Å². The van der Waals surface area contributed by atoms with Gasteiger partial charge in [-0.2, -0.15) is 0 Å². The molecule has 1 amide bonds. The van der Waals surface area contributed by atoms with Gasteiger partial charge >= 0.3 is 11.9 Å². The highest BCUT2D eigenvalue weighted by Crippen LogP contribution is 2.15. The van der Waals surface area contributed by atoms with E-state index < -0.39 is 29.4 Å². The van der Waals surface area contributed by atoms with Crippen molar-refractivity contribution in [1.82, 2.24) is 5.32 Å². The van der Waals surface area contributed by atoms with Crippen LogP contribution in [0.2, 0.25) is 0 Å². The first-order chi connectivity index (χ1) is 7.84. The van der Waals surface area contributed by atoms with Crippen LogP contribution in [0.5, 0.6) is 0 Å². The maximum Gasteiger partial charge on any atom is 0.373 e. The summed E-state index contributed by atoms with van der Waals surface area (Å²) in [5.41, 5.74) is 0. The second-order valence-corrected chi connectivity index (χ2v) is 4.42. The largest absolute Gasteiger partial charge is 0.481 e. The number of hydrogen-bond donors (Lipinski definition) is 3. The van der Waals surface area contributed by atoms with Crippen molar-refractivity contribution < 1.29 is 29.4 Å². The molecule has 0 rings (SSSR count). The zero-order valence-electron chi connectivity index (χ0n) is 9.13. The summed E-state index contributed by atoms with van der Waals surface area (Å²) in [4.78, 5) is 42.6. The lowest BCUT2D eigenvalue weighted by molar-refractivity contribution is -0.149. The first-order valence-corrected chi connectivity index (χ1v) is 5.74. The molecule has 0 fully saturated rings. The fourth-order valence-corrected chi connectivity index (χ4v) is 1.97. The monoisotopic (exact) mass is 263 g/mol. The number of ketones is 1. The van der Waals surface area contributed by atoms with Crippen molar-refractivity contribution >= 4 is 35.4 Å². The van der Waals surface area contributed by atoms with Crippen molar-refractivity contribution in [3.63, 3.8) is 0 Å². The van der Waals surface area contributed by atoms with Crippen LogP contribution in [0.15, 0.2) is 0 Å². The van der Waals surface area contributed by atoms with Crippen molar-refractivity contribution in [2.24, 2.45) is 0 Å². The summed E-state index contributed by atoms with van der Waals surface area (Å²) >= 11 is 0.902. The van der Waals surface area contributed by atoms with Gasteiger partial charge in [-0.1, -0.05) is 0 Å². The quantitative estimate of drug-likeness (QED) is 0.393. The summed E-state index contributed by atoms with van der Waals surface area (Å²) in [6.45, 7) is 1.57. The minimum atomic E-state index is -1.65. The maximum absolute atomic E-state index is 11.1. The highest BCUT2D eigenvalue weighted by Gasteiger charge is 2.27. The molecule has 0 aliphatic heterocycles. The average Bonchev–Trinajstić information content (AvgIpc) is 2.20. The number of carboxylic acid groups (broad SMARTS) is 2. The standard InChI is InChI=1S/C9H13NO6S/c1-5(11)10-2-3-17-6(4-7(12)13)8(14)9(15)16/h6H,2-4H2,1H3,(H,10,11)(H,12,13)(H,15,16). The Hall–Kier alpha value is -1.57. The molecule has 17 heavy (non-hydrogen) atoms. The van der Waals surface area contributed by atoms with Gasteiger partial charge in [0.05, 0.1) is 11.7 Å². The number of nitrogens with one attached hydrogen (secondary N) is 1. The Kier molecular flexibility index (Phi) is 6.95. The van der Waals surface area contributed by atoms with E-state index in [1.54, 1.807) is 0 Å².